The summed E-state index contributed by atoms with van der Waals surface area (Å²) < 4.78 is 6.19. The standard InChI is InChI=1S/C25H27BrN2O6/c1-4-13-7-6-8-14(5-2)21(13)28-22(30)18-19(23(28)31)25(12-29,24(32)33)27-20(18)16-11-15(26)9-10-17(16)34-3/h6-11,18-20,27,29H,4-5,12H2,1-3H3,(H,32,33). The molecule has 0 bridgehead atoms. The number of halogens is 1. The molecule has 0 spiro atoms. The van der Waals surface area contributed by atoms with Gasteiger partial charge in [-0.3, -0.25) is 19.7 Å². The van der Waals surface area contributed by atoms with Crippen molar-refractivity contribution in [3.8, 4) is 5.75 Å². The highest BCUT2D eigenvalue weighted by molar-refractivity contribution is 9.10. The quantitative estimate of drug-likeness (QED) is 0.471. The van der Waals surface area contributed by atoms with Crippen molar-refractivity contribution in [1.29, 1.82) is 0 Å². The number of amides is 2. The van der Waals surface area contributed by atoms with Crippen LogP contribution in [-0.4, -0.2) is 47.3 Å². The van der Waals surface area contributed by atoms with Crippen LogP contribution in [0.4, 0.5) is 5.69 Å². The maximum atomic E-state index is 14.0. The molecule has 4 unspecified atom stereocenters. The second-order valence-electron chi connectivity index (χ2n) is 8.59. The van der Waals surface area contributed by atoms with Gasteiger partial charge in [0.15, 0.2) is 5.54 Å². The van der Waals surface area contributed by atoms with Crippen molar-refractivity contribution in [3.05, 3.63) is 57.6 Å². The number of nitrogens with zero attached hydrogens (tertiary/aromatic N) is 1. The molecule has 34 heavy (non-hydrogen) atoms. The molecule has 2 aromatic rings. The van der Waals surface area contributed by atoms with Gasteiger partial charge in [0.1, 0.15) is 5.75 Å². The summed E-state index contributed by atoms with van der Waals surface area (Å²) in [7, 11) is 1.48. The van der Waals surface area contributed by atoms with Gasteiger partial charge in [0.05, 0.1) is 31.2 Å². The summed E-state index contributed by atoms with van der Waals surface area (Å²) in [5.74, 6) is -4.36. The number of carbonyl (C=O) groups is 3. The molecular formula is C25H27BrN2O6. The van der Waals surface area contributed by atoms with Crippen LogP contribution in [0.1, 0.15) is 36.6 Å². The highest BCUT2D eigenvalue weighted by Gasteiger charge is 2.69. The number of carboxylic acid groups (broad SMARTS) is 1. The number of methoxy groups -OCH3 is 1. The second-order valence-corrected chi connectivity index (χ2v) is 9.51. The molecule has 0 saturated carbocycles. The SMILES string of the molecule is CCc1cccc(CC)c1N1C(=O)C2C(c3cc(Br)ccc3OC)NC(CO)(C(=O)O)C2C1=O. The number of aliphatic hydroxyl groups is 1. The van der Waals surface area contributed by atoms with E-state index in [1.165, 1.54) is 7.11 Å². The molecular weight excluding hydrogens is 504 g/mol. The molecule has 9 heteroatoms. The molecule has 0 aliphatic carbocycles. The Kier molecular flexibility index (Phi) is 6.54. The fourth-order valence-corrected chi connectivity index (χ4v) is 5.73. The lowest BCUT2D eigenvalue weighted by molar-refractivity contribution is -0.150. The van der Waals surface area contributed by atoms with Crippen LogP contribution in [0.25, 0.3) is 0 Å². The first kappa shape index (κ1) is 24.4. The lowest BCUT2D eigenvalue weighted by Gasteiger charge is -2.30. The number of rotatable bonds is 7. The Morgan fingerprint density at radius 2 is 1.79 bits per heavy atom. The number of fused-ring (bicyclic) bond motifs is 1. The van der Waals surface area contributed by atoms with E-state index in [1.54, 1.807) is 18.2 Å². The number of anilines is 1. The molecule has 2 aliphatic heterocycles. The number of benzene rings is 2. The topological polar surface area (TPSA) is 116 Å². The second kappa shape index (κ2) is 9.13. The van der Waals surface area contributed by atoms with Crippen molar-refractivity contribution < 1.29 is 29.3 Å². The number of imide groups is 1. The van der Waals surface area contributed by atoms with Crippen LogP contribution in [0.5, 0.6) is 5.75 Å². The number of aliphatic carboxylic acids is 1. The van der Waals surface area contributed by atoms with Gasteiger partial charge in [-0.25, -0.2) is 4.90 Å². The summed E-state index contributed by atoms with van der Waals surface area (Å²) >= 11 is 3.42. The van der Waals surface area contributed by atoms with Crippen molar-refractivity contribution in [2.24, 2.45) is 11.8 Å². The van der Waals surface area contributed by atoms with E-state index in [9.17, 15) is 24.6 Å². The minimum Gasteiger partial charge on any atom is -0.496 e. The van der Waals surface area contributed by atoms with Gasteiger partial charge in [0, 0.05) is 16.1 Å². The first-order valence-electron chi connectivity index (χ1n) is 11.2. The molecule has 8 nitrogen and oxygen atoms in total. The van der Waals surface area contributed by atoms with Crippen LogP contribution in [0.15, 0.2) is 40.9 Å². The molecule has 2 aromatic carbocycles. The average molecular weight is 531 g/mol. The van der Waals surface area contributed by atoms with Crippen LogP contribution in [0, 0.1) is 11.8 Å². The van der Waals surface area contributed by atoms with E-state index in [1.807, 2.05) is 32.0 Å². The van der Waals surface area contributed by atoms with Gasteiger partial charge in [-0.15, -0.1) is 0 Å². The Labute approximate surface area is 206 Å². The number of ether oxygens (including phenoxy) is 1. The first-order chi connectivity index (χ1) is 16.2. The number of carboxylic acids is 1. The van der Waals surface area contributed by atoms with Crippen LogP contribution in [0.2, 0.25) is 0 Å². The molecule has 3 N–H and O–H groups in total. The Morgan fingerprint density at radius 1 is 1.15 bits per heavy atom. The van der Waals surface area contributed by atoms with E-state index in [0.29, 0.717) is 34.3 Å². The van der Waals surface area contributed by atoms with Crippen LogP contribution < -0.4 is 15.0 Å². The minimum absolute atomic E-state index is 0.445. The summed E-state index contributed by atoms with van der Waals surface area (Å²) in [5.41, 5.74) is 0.698. The highest BCUT2D eigenvalue weighted by Crippen LogP contribution is 2.52. The zero-order valence-electron chi connectivity index (χ0n) is 19.2. The van der Waals surface area contributed by atoms with Crippen molar-refractivity contribution in [2.45, 2.75) is 38.3 Å². The Bertz CT molecular complexity index is 1150. The van der Waals surface area contributed by atoms with E-state index < -0.39 is 47.8 Å². The van der Waals surface area contributed by atoms with Crippen LogP contribution in [-0.2, 0) is 27.2 Å². The Hall–Kier alpha value is -2.75. The van der Waals surface area contributed by atoms with Crippen molar-refractivity contribution in [3.63, 3.8) is 0 Å². The van der Waals surface area contributed by atoms with Crippen molar-refractivity contribution in [2.75, 3.05) is 18.6 Å². The number of hydrogen-bond donors (Lipinski definition) is 3. The molecule has 2 amide bonds. The predicted molar refractivity (Wildman–Crippen MR) is 129 cm³/mol. The number of aliphatic hydroxyl groups excluding tert-OH is 1. The van der Waals surface area contributed by atoms with Crippen molar-refractivity contribution >= 4 is 39.4 Å². The van der Waals surface area contributed by atoms with E-state index in [4.69, 9.17) is 4.74 Å². The smallest absolute Gasteiger partial charge is 0.327 e. The predicted octanol–water partition coefficient (Wildman–Crippen LogP) is 2.85. The zero-order chi connectivity index (χ0) is 24.8. The average Bonchev–Trinajstić information content (AvgIpc) is 3.32. The van der Waals surface area contributed by atoms with Crippen LogP contribution in [0.3, 0.4) is 0 Å². The number of carbonyl (C=O) groups excluding carboxylic acids is 2. The third kappa shape index (κ3) is 3.45. The summed E-state index contributed by atoms with van der Waals surface area (Å²) in [4.78, 5) is 41.5. The normalized spacial score (nSPS) is 26.1. The Balaban J connectivity index is 1.94. The third-order valence-electron chi connectivity index (χ3n) is 7.00. The first-order valence-corrected chi connectivity index (χ1v) is 12.0. The molecule has 2 fully saturated rings. The van der Waals surface area contributed by atoms with Gasteiger partial charge in [0.2, 0.25) is 11.8 Å². The van der Waals surface area contributed by atoms with E-state index in [-0.39, 0.29) is 0 Å². The minimum atomic E-state index is -2.02. The molecule has 4 rings (SSSR count). The Morgan fingerprint density at radius 3 is 2.32 bits per heavy atom. The molecule has 2 heterocycles. The maximum Gasteiger partial charge on any atom is 0.327 e. The zero-order valence-corrected chi connectivity index (χ0v) is 20.8. The number of para-hydroxylation sites is 1. The summed E-state index contributed by atoms with van der Waals surface area (Å²) in [6.07, 6.45) is 1.20. The monoisotopic (exact) mass is 530 g/mol. The summed E-state index contributed by atoms with van der Waals surface area (Å²) in [6.45, 7) is 3.03. The van der Waals surface area contributed by atoms with Gasteiger partial charge in [0.25, 0.3) is 0 Å². The van der Waals surface area contributed by atoms with Gasteiger partial charge >= 0.3 is 5.97 Å². The molecule has 2 aliphatic rings. The molecule has 180 valence electrons. The lowest BCUT2D eigenvalue weighted by Crippen LogP contribution is -2.58. The number of hydrogen-bond acceptors (Lipinski definition) is 6. The summed E-state index contributed by atoms with van der Waals surface area (Å²) in [5, 5.41) is 23.4. The van der Waals surface area contributed by atoms with Crippen LogP contribution >= 0.6 is 15.9 Å². The van der Waals surface area contributed by atoms with Gasteiger partial charge in [-0.05, 0) is 42.2 Å². The van der Waals surface area contributed by atoms with E-state index in [2.05, 4.69) is 21.2 Å². The van der Waals surface area contributed by atoms with Gasteiger partial charge in [-0.1, -0.05) is 48.0 Å². The number of aryl methyl sites for hydroxylation is 2. The van der Waals surface area contributed by atoms with Crippen molar-refractivity contribution in [1.82, 2.24) is 5.32 Å². The van der Waals surface area contributed by atoms with E-state index >= 15 is 0 Å². The fraction of sp³-hybridized carbons (Fsp3) is 0.400. The summed E-state index contributed by atoms with van der Waals surface area (Å²) in [6, 6.07) is 9.97. The van der Waals surface area contributed by atoms with Gasteiger partial charge in [-0.2, -0.15) is 0 Å². The molecule has 0 aromatic heterocycles. The third-order valence-corrected chi connectivity index (χ3v) is 7.49. The molecule has 2 saturated heterocycles. The maximum absolute atomic E-state index is 14.0. The molecule has 0 radical (unpaired) electrons. The fourth-order valence-electron chi connectivity index (χ4n) is 5.35. The lowest BCUT2D eigenvalue weighted by atomic mass is 9.79. The van der Waals surface area contributed by atoms with E-state index in [0.717, 1.165) is 16.0 Å². The molecule has 4 atom stereocenters. The number of nitrogens with one attached hydrogen (secondary N) is 1. The highest BCUT2D eigenvalue weighted by atomic mass is 79.9. The van der Waals surface area contributed by atoms with Gasteiger partial charge < -0.3 is 14.9 Å². The largest absolute Gasteiger partial charge is 0.496 e.